The fourth-order valence-corrected chi connectivity index (χ4v) is 0. The van der Waals surface area contributed by atoms with Crippen LogP contribution < -0.4 is 0 Å². The van der Waals surface area contributed by atoms with Gasteiger partial charge in [0.1, 0.15) is 8.81 Å². The molecule has 38 valence electrons. The molecular weight excluding hydrogens is 116 g/mol. The number of halogens is 3. The highest BCUT2D eigenvalue weighted by molar-refractivity contribution is 7.32. The van der Waals surface area contributed by atoms with Crippen LogP contribution in [0.15, 0.2) is 0 Å². The minimum Gasteiger partial charge on any atom is -0.368 e. The van der Waals surface area contributed by atoms with Crippen molar-refractivity contribution in [2.45, 2.75) is 5.92 Å². The van der Waals surface area contributed by atoms with E-state index >= 15 is 0 Å². The highest BCUT2D eigenvalue weighted by Crippen LogP contribution is 2.32. The molecule has 0 aliphatic carbocycles. The van der Waals surface area contributed by atoms with Gasteiger partial charge >= 0.3 is 5.92 Å². The maximum absolute atomic E-state index is 10.5. The number of hydrogen-bond donors (Lipinski definition) is 1. The number of alkyl halides is 3. The predicted molar refractivity (Wildman–Crippen MR) is 16.6 cm³/mol. The van der Waals surface area contributed by atoms with E-state index in [1.807, 2.05) is 0 Å². The largest absolute Gasteiger partial charge is 0.427 e. The molecule has 0 aromatic rings. The standard InChI is InChI=1S/CH2F3OP/c2-1(3,4)6-5/h5-6H. The molecule has 0 saturated heterocycles. The molecule has 0 spiro atoms. The Kier molecular flexibility index (Phi) is 1.81. The average Bonchev–Trinajstić information content (AvgIpc) is 1.35. The zero-order chi connectivity index (χ0) is 5.21. The zero-order valence-electron chi connectivity index (χ0n) is 2.58. The first kappa shape index (κ1) is 6.18. The molecule has 0 rings (SSSR count). The summed E-state index contributed by atoms with van der Waals surface area (Å²) in [7, 11) is -1.93. The van der Waals surface area contributed by atoms with Gasteiger partial charge in [0, 0.05) is 0 Å². The second kappa shape index (κ2) is 1.76. The van der Waals surface area contributed by atoms with Crippen molar-refractivity contribution in [1.29, 1.82) is 0 Å². The van der Waals surface area contributed by atoms with Crippen molar-refractivity contribution in [3.8, 4) is 0 Å². The summed E-state index contributed by atoms with van der Waals surface area (Å²) in [6.45, 7) is 0. The average molecular weight is 118 g/mol. The third kappa shape index (κ3) is 4.18. The van der Waals surface area contributed by atoms with Crippen LogP contribution in [0.2, 0.25) is 0 Å². The Hall–Kier alpha value is 0.180. The van der Waals surface area contributed by atoms with Crippen LogP contribution in [0.3, 0.4) is 0 Å². The van der Waals surface area contributed by atoms with Crippen LogP contribution in [0.5, 0.6) is 0 Å². The second-order valence-corrected chi connectivity index (χ2v) is 1.40. The van der Waals surface area contributed by atoms with Crippen molar-refractivity contribution < 1.29 is 18.1 Å². The molecule has 1 nitrogen and oxygen atoms in total. The summed E-state index contributed by atoms with van der Waals surface area (Å²) in [4.78, 5) is 7.31. The summed E-state index contributed by atoms with van der Waals surface area (Å²) in [6, 6.07) is 0. The minimum absolute atomic E-state index is 1.93. The molecule has 0 saturated carbocycles. The van der Waals surface area contributed by atoms with Crippen LogP contribution in [0.1, 0.15) is 0 Å². The van der Waals surface area contributed by atoms with Gasteiger partial charge in [0.05, 0.1) is 0 Å². The first-order valence-electron chi connectivity index (χ1n) is 1.04. The van der Waals surface area contributed by atoms with Crippen LogP contribution >= 0.6 is 8.81 Å². The molecule has 5 heteroatoms. The summed E-state index contributed by atoms with van der Waals surface area (Å²) in [5, 5.41) is 0. The first-order chi connectivity index (χ1) is 2.56. The molecule has 1 atom stereocenters. The van der Waals surface area contributed by atoms with Gasteiger partial charge in [-0.1, -0.05) is 0 Å². The van der Waals surface area contributed by atoms with E-state index < -0.39 is 14.7 Å². The molecule has 0 aromatic heterocycles. The lowest BCUT2D eigenvalue weighted by molar-refractivity contribution is -0.0429. The molecule has 1 N–H and O–H groups in total. The molecule has 6 heavy (non-hydrogen) atoms. The quantitative estimate of drug-likeness (QED) is 0.472. The summed E-state index contributed by atoms with van der Waals surface area (Å²) in [5.41, 5.74) is 0. The van der Waals surface area contributed by atoms with E-state index in [4.69, 9.17) is 4.89 Å². The second-order valence-electron chi connectivity index (χ2n) is 0.610. The molecule has 0 fully saturated rings. The van der Waals surface area contributed by atoms with E-state index in [9.17, 15) is 13.2 Å². The van der Waals surface area contributed by atoms with Crippen molar-refractivity contribution in [1.82, 2.24) is 0 Å². The molecule has 0 aliphatic rings. The first-order valence-corrected chi connectivity index (χ1v) is 1.99. The minimum atomic E-state index is -4.38. The Morgan fingerprint density at radius 2 is 1.50 bits per heavy atom. The van der Waals surface area contributed by atoms with Gasteiger partial charge in [0.2, 0.25) is 0 Å². The van der Waals surface area contributed by atoms with E-state index in [2.05, 4.69) is 0 Å². The predicted octanol–water partition coefficient (Wildman–Crippen LogP) is 1.09. The lowest BCUT2D eigenvalue weighted by atomic mass is 11.6. The van der Waals surface area contributed by atoms with Crippen LogP contribution in [0.25, 0.3) is 0 Å². The fraction of sp³-hybridized carbons (Fsp3) is 1.00. The number of hydrogen-bond acceptors (Lipinski definition) is 1. The van der Waals surface area contributed by atoms with E-state index in [1.165, 1.54) is 0 Å². The Bertz CT molecular complexity index is 40.5. The molecule has 0 radical (unpaired) electrons. The normalized spacial score (nSPS) is 14.0. The van der Waals surface area contributed by atoms with Crippen LogP contribution in [-0.2, 0) is 0 Å². The van der Waals surface area contributed by atoms with Crippen molar-refractivity contribution in [3.05, 3.63) is 0 Å². The maximum Gasteiger partial charge on any atom is 0.427 e. The van der Waals surface area contributed by atoms with Crippen molar-refractivity contribution in [3.63, 3.8) is 0 Å². The van der Waals surface area contributed by atoms with E-state index in [1.54, 1.807) is 0 Å². The number of rotatable bonds is 0. The maximum atomic E-state index is 10.5. The van der Waals surface area contributed by atoms with E-state index in [0.717, 1.165) is 0 Å². The third-order valence-corrected chi connectivity index (χ3v) is 0.380. The van der Waals surface area contributed by atoms with Crippen molar-refractivity contribution in [2.75, 3.05) is 0 Å². The van der Waals surface area contributed by atoms with Crippen LogP contribution in [0.4, 0.5) is 13.2 Å². The topological polar surface area (TPSA) is 20.2 Å². The van der Waals surface area contributed by atoms with Gasteiger partial charge in [-0.25, -0.2) is 0 Å². The van der Waals surface area contributed by atoms with Gasteiger partial charge < -0.3 is 4.89 Å². The van der Waals surface area contributed by atoms with Gasteiger partial charge in [0.15, 0.2) is 0 Å². The van der Waals surface area contributed by atoms with Gasteiger partial charge in [-0.05, 0) is 0 Å². The molecular formula is CH2F3OP. The third-order valence-electron chi connectivity index (χ3n) is 0.127. The van der Waals surface area contributed by atoms with Crippen LogP contribution in [-0.4, -0.2) is 10.8 Å². The Labute approximate surface area is 34.0 Å². The molecule has 1 unspecified atom stereocenters. The Balaban J connectivity index is 3.17. The SMILES string of the molecule is OPC(F)(F)F. The summed E-state index contributed by atoms with van der Waals surface area (Å²) < 4.78 is 31.6. The molecule has 0 bridgehead atoms. The monoisotopic (exact) mass is 118 g/mol. The molecule has 0 amide bonds. The molecule has 0 heterocycles. The smallest absolute Gasteiger partial charge is 0.368 e. The fourth-order valence-electron chi connectivity index (χ4n) is 0. The van der Waals surface area contributed by atoms with Gasteiger partial charge in [-0.15, -0.1) is 0 Å². The van der Waals surface area contributed by atoms with Crippen molar-refractivity contribution >= 4 is 8.81 Å². The molecule has 0 aromatic carbocycles. The van der Waals surface area contributed by atoms with E-state index in [-0.39, 0.29) is 0 Å². The Morgan fingerprint density at radius 3 is 1.50 bits per heavy atom. The zero-order valence-corrected chi connectivity index (χ0v) is 3.58. The summed E-state index contributed by atoms with van der Waals surface area (Å²) in [5.74, 6) is -4.38. The van der Waals surface area contributed by atoms with E-state index in [0.29, 0.717) is 0 Å². The van der Waals surface area contributed by atoms with Gasteiger partial charge in [-0.2, -0.15) is 13.2 Å². The van der Waals surface area contributed by atoms with Crippen molar-refractivity contribution in [2.24, 2.45) is 0 Å². The van der Waals surface area contributed by atoms with Crippen LogP contribution in [0, 0.1) is 0 Å². The summed E-state index contributed by atoms with van der Waals surface area (Å²) >= 11 is 0. The lowest BCUT2D eigenvalue weighted by Crippen LogP contribution is -1.93. The molecule has 0 aliphatic heterocycles. The highest BCUT2D eigenvalue weighted by atomic mass is 31.1. The van der Waals surface area contributed by atoms with Gasteiger partial charge in [-0.3, -0.25) is 0 Å². The lowest BCUT2D eigenvalue weighted by Gasteiger charge is -1.95. The Morgan fingerprint density at radius 1 is 1.33 bits per heavy atom. The summed E-state index contributed by atoms with van der Waals surface area (Å²) in [6.07, 6.45) is 0. The highest BCUT2D eigenvalue weighted by Gasteiger charge is 2.25. The van der Waals surface area contributed by atoms with Gasteiger partial charge in [0.25, 0.3) is 0 Å².